The number of fused-ring (bicyclic) bond motifs is 1. The van der Waals surface area contributed by atoms with Gasteiger partial charge in [0.25, 0.3) is 0 Å². The predicted molar refractivity (Wildman–Crippen MR) is 75.2 cm³/mol. The molecule has 0 fully saturated rings. The number of hydrazine groups is 1. The molecular formula is C14H22N2S. The zero-order valence-corrected chi connectivity index (χ0v) is 11.3. The maximum absolute atomic E-state index is 5.73. The van der Waals surface area contributed by atoms with Gasteiger partial charge in [-0.15, -0.1) is 11.8 Å². The molecule has 1 aromatic carbocycles. The largest absolute Gasteiger partial charge is 0.271 e. The third-order valence-electron chi connectivity index (χ3n) is 3.56. The third kappa shape index (κ3) is 3.03. The van der Waals surface area contributed by atoms with Crippen LogP contribution in [0.1, 0.15) is 44.1 Å². The van der Waals surface area contributed by atoms with Crippen LogP contribution in [0.15, 0.2) is 29.2 Å². The molecule has 2 rings (SSSR count). The van der Waals surface area contributed by atoms with Gasteiger partial charge in [0.1, 0.15) is 0 Å². The van der Waals surface area contributed by atoms with E-state index in [0.29, 0.717) is 12.0 Å². The van der Waals surface area contributed by atoms with E-state index in [0.717, 1.165) is 0 Å². The van der Waals surface area contributed by atoms with E-state index in [4.69, 9.17) is 5.84 Å². The summed E-state index contributed by atoms with van der Waals surface area (Å²) in [5.74, 6) is 7.48. The Morgan fingerprint density at radius 2 is 2.24 bits per heavy atom. The fourth-order valence-electron chi connectivity index (χ4n) is 2.54. The van der Waals surface area contributed by atoms with Gasteiger partial charge < -0.3 is 0 Å². The highest BCUT2D eigenvalue weighted by Crippen LogP contribution is 2.41. The smallest absolute Gasteiger partial charge is 0.0287 e. The molecule has 0 aliphatic carbocycles. The maximum Gasteiger partial charge on any atom is 0.0287 e. The van der Waals surface area contributed by atoms with Gasteiger partial charge in [0.2, 0.25) is 0 Å². The first-order chi connectivity index (χ1) is 8.36. The van der Waals surface area contributed by atoms with Crippen LogP contribution in [-0.4, -0.2) is 11.8 Å². The summed E-state index contributed by atoms with van der Waals surface area (Å²) in [7, 11) is 0. The topological polar surface area (TPSA) is 38.0 Å². The first kappa shape index (κ1) is 12.9. The molecule has 3 N–H and O–H groups in total. The summed E-state index contributed by atoms with van der Waals surface area (Å²) in [6, 6.07) is 9.16. The van der Waals surface area contributed by atoms with Crippen molar-refractivity contribution < 1.29 is 0 Å². The normalized spacial score (nSPS) is 20.2. The predicted octanol–water partition coefficient (Wildman–Crippen LogP) is 3.29. The van der Waals surface area contributed by atoms with E-state index in [2.05, 4.69) is 36.6 Å². The van der Waals surface area contributed by atoms with E-state index in [9.17, 15) is 0 Å². The summed E-state index contributed by atoms with van der Waals surface area (Å²) in [4.78, 5) is 1.44. The van der Waals surface area contributed by atoms with Crippen LogP contribution in [-0.2, 0) is 0 Å². The lowest BCUT2D eigenvalue weighted by Gasteiger charge is -2.23. The van der Waals surface area contributed by atoms with E-state index in [1.54, 1.807) is 0 Å². The molecule has 17 heavy (non-hydrogen) atoms. The van der Waals surface area contributed by atoms with Crippen LogP contribution in [0.4, 0.5) is 0 Å². The molecule has 2 nitrogen and oxygen atoms in total. The first-order valence-electron chi connectivity index (χ1n) is 6.54. The first-order valence-corrected chi connectivity index (χ1v) is 7.53. The van der Waals surface area contributed by atoms with Crippen LogP contribution in [0, 0.1) is 0 Å². The molecule has 0 saturated carbocycles. The summed E-state index contributed by atoms with van der Waals surface area (Å²) in [6.45, 7) is 2.24. The molecule has 3 heteroatoms. The minimum Gasteiger partial charge on any atom is -0.271 e. The van der Waals surface area contributed by atoms with Crippen molar-refractivity contribution in [3.8, 4) is 0 Å². The number of rotatable bonds is 6. The Morgan fingerprint density at radius 1 is 1.41 bits per heavy atom. The van der Waals surface area contributed by atoms with E-state index >= 15 is 0 Å². The van der Waals surface area contributed by atoms with Crippen molar-refractivity contribution in [2.75, 3.05) is 5.75 Å². The minimum absolute atomic E-state index is 0.428. The Balaban J connectivity index is 2.01. The molecule has 1 heterocycles. The van der Waals surface area contributed by atoms with Crippen LogP contribution in [0.5, 0.6) is 0 Å². The standard InChI is InChI=1S/C14H22N2S/c1-2-3-4-8-13(16-15)12-10-17-14-9-6-5-7-11(12)14/h5-7,9,12-13,16H,2-4,8,10,15H2,1H3. The van der Waals surface area contributed by atoms with Gasteiger partial charge in [-0.05, 0) is 18.1 Å². The summed E-state index contributed by atoms with van der Waals surface area (Å²) in [6.07, 6.45) is 5.03. The van der Waals surface area contributed by atoms with E-state index in [-0.39, 0.29) is 0 Å². The van der Waals surface area contributed by atoms with Crippen molar-refractivity contribution in [2.45, 2.75) is 49.5 Å². The number of thioether (sulfide) groups is 1. The molecule has 0 spiro atoms. The average Bonchev–Trinajstić information content (AvgIpc) is 2.79. The van der Waals surface area contributed by atoms with Gasteiger partial charge in [0.15, 0.2) is 0 Å². The second-order valence-corrected chi connectivity index (χ2v) is 5.79. The maximum atomic E-state index is 5.73. The fraction of sp³-hybridized carbons (Fsp3) is 0.571. The number of unbranched alkanes of at least 4 members (excludes halogenated alkanes) is 2. The van der Waals surface area contributed by atoms with Gasteiger partial charge in [0.05, 0.1) is 0 Å². The molecule has 1 aliphatic heterocycles. The summed E-state index contributed by atoms with van der Waals surface area (Å²) in [5, 5.41) is 0. The number of benzene rings is 1. The van der Waals surface area contributed by atoms with Gasteiger partial charge in [-0.2, -0.15) is 0 Å². The van der Waals surface area contributed by atoms with Crippen LogP contribution >= 0.6 is 11.8 Å². The molecule has 1 aromatic rings. The summed E-state index contributed by atoms with van der Waals surface area (Å²) in [5.41, 5.74) is 4.51. The minimum atomic E-state index is 0.428. The van der Waals surface area contributed by atoms with Crippen molar-refractivity contribution in [1.29, 1.82) is 0 Å². The Morgan fingerprint density at radius 3 is 3.00 bits per heavy atom. The monoisotopic (exact) mass is 250 g/mol. The molecular weight excluding hydrogens is 228 g/mol. The average molecular weight is 250 g/mol. The van der Waals surface area contributed by atoms with Crippen molar-refractivity contribution in [1.82, 2.24) is 5.43 Å². The second-order valence-electron chi connectivity index (χ2n) is 4.72. The third-order valence-corrected chi connectivity index (χ3v) is 4.76. The molecule has 0 aromatic heterocycles. The molecule has 0 amide bonds. The second kappa shape index (κ2) is 6.43. The molecule has 0 saturated heterocycles. The quantitative estimate of drug-likeness (QED) is 0.462. The number of nitrogens with one attached hydrogen (secondary N) is 1. The van der Waals surface area contributed by atoms with Crippen molar-refractivity contribution in [3.63, 3.8) is 0 Å². The number of nitrogens with two attached hydrogens (primary N) is 1. The molecule has 0 radical (unpaired) electrons. The molecule has 1 aliphatic rings. The zero-order valence-electron chi connectivity index (χ0n) is 10.5. The van der Waals surface area contributed by atoms with E-state index < -0.39 is 0 Å². The highest BCUT2D eigenvalue weighted by atomic mass is 32.2. The number of hydrogen-bond acceptors (Lipinski definition) is 3. The Hall–Kier alpha value is -0.510. The van der Waals surface area contributed by atoms with Crippen LogP contribution in [0.25, 0.3) is 0 Å². The van der Waals surface area contributed by atoms with Crippen molar-refractivity contribution in [3.05, 3.63) is 29.8 Å². The van der Waals surface area contributed by atoms with Gasteiger partial charge in [-0.3, -0.25) is 11.3 Å². The molecule has 0 bridgehead atoms. The Labute approximate surface area is 108 Å². The van der Waals surface area contributed by atoms with Gasteiger partial charge >= 0.3 is 0 Å². The van der Waals surface area contributed by atoms with Crippen LogP contribution < -0.4 is 11.3 Å². The Bertz CT molecular complexity index is 354. The summed E-state index contributed by atoms with van der Waals surface area (Å²) >= 11 is 1.96. The Kier molecular flexibility index (Phi) is 4.89. The SMILES string of the molecule is CCCCCC(NN)C1CSc2ccccc21. The highest BCUT2D eigenvalue weighted by molar-refractivity contribution is 7.99. The zero-order chi connectivity index (χ0) is 12.1. The van der Waals surface area contributed by atoms with E-state index in [1.165, 1.54) is 41.9 Å². The number of hydrogen-bond donors (Lipinski definition) is 2. The van der Waals surface area contributed by atoms with E-state index in [1.807, 2.05) is 11.8 Å². The van der Waals surface area contributed by atoms with Gasteiger partial charge in [-0.1, -0.05) is 44.4 Å². The van der Waals surface area contributed by atoms with Crippen molar-refractivity contribution in [2.24, 2.45) is 5.84 Å². The van der Waals surface area contributed by atoms with Gasteiger partial charge in [-0.25, -0.2) is 0 Å². The highest BCUT2D eigenvalue weighted by Gasteiger charge is 2.29. The van der Waals surface area contributed by atoms with Gasteiger partial charge in [0, 0.05) is 22.6 Å². The molecule has 2 unspecified atom stereocenters. The lowest BCUT2D eigenvalue weighted by molar-refractivity contribution is 0.420. The fourth-order valence-corrected chi connectivity index (χ4v) is 3.87. The molecule has 94 valence electrons. The van der Waals surface area contributed by atoms with Crippen LogP contribution in [0.2, 0.25) is 0 Å². The lowest BCUT2D eigenvalue weighted by atomic mass is 9.90. The van der Waals surface area contributed by atoms with Crippen LogP contribution in [0.3, 0.4) is 0 Å². The lowest BCUT2D eigenvalue weighted by Crippen LogP contribution is -2.40. The summed E-state index contributed by atoms with van der Waals surface area (Å²) < 4.78 is 0. The molecule has 2 atom stereocenters. The van der Waals surface area contributed by atoms with Crippen molar-refractivity contribution >= 4 is 11.8 Å².